The Balaban J connectivity index is 2.69. The Morgan fingerprint density at radius 2 is 1.83 bits per heavy atom. The fourth-order valence-electron chi connectivity index (χ4n) is 1.98. The molecule has 0 aromatic heterocycles. The van der Waals surface area contributed by atoms with Crippen molar-refractivity contribution in [1.29, 1.82) is 0 Å². The number of hydrogen-bond donors (Lipinski definition) is 2. The number of benzene rings is 1. The molecule has 1 aromatic carbocycles. The summed E-state index contributed by atoms with van der Waals surface area (Å²) in [6, 6.07) is 5.84. The normalized spacial score (nSPS) is 12.2. The zero-order valence-electron chi connectivity index (χ0n) is 13.5. The summed E-state index contributed by atoms with van der Waals surface area (Å²) in [5.74, 6) is -1.12. The third-order valence-electron chi connectivity index (χ3n) is 3.13. The van der Waals surface area contributed by atoms with Crippen molar-refractivity contribution in [2.75, 3.05) is 7.11 Å². The van der Waals surface area contributed by atoms with Crippen LogP contribution in [0.15, 0.2) is 30.3 Å². The van der Waals surface area contributed by atoms with Crippen molar-refractivity contribution < 1.29 is 19.1 Å². The van der Waals surface area contributed by atoms with Crippen molar-refractivity contribution in [3.63, 3.8) is 0 Å². The van der Waals surface area contributed by atoms with Gasteiger partial charge in [0.15, 0.2) is 0 Å². The van der Waals surface area contributed by atoms with E-state index in [1.165, 1.54) is 13.2 Å². The maximum absolute atomic E-state index is 11.9. The van der Waals surface area contributed by atoms with Gasteiger partial charge in [-0.1, -0.05) is 26.0 Å². The highest BCUT2D eigenvalue weighted by atomic mass is 16.5. The lowest BCUT2D eigenvalue weighted by Gasteiger charge is -2.17. The third kappa shape index (κ3) is 6.34. The van der Waals surface area contributed by atoms with Crippen molar-refractivity contribution >= 4 is 23.9 Å². The van der Waals surface area contributed by atoms with Gasteiger partial charge < -0.3 is 15.8 Å². The average Bonchev–Trinajstić information content (AvgIpc) is 2.51. The molecule has 0 heterocycles. The lowest BCUT2D eigenvalue weighted by atomic mass is 10.0. The predicted molar refractivity (Wildman–Crippen MR) is 87.4 cm³/mol. The Morgan fingerprint density at radius 1 is 1.22 bits per heavy atom. The SMILES string of the molecule is COC(=O)C(CC(C)C)NC(=O)/C=C/c1ccc(C(N)=O)cc1. The molecule has 124 valence electrons. The summed E-state index contributed by atoms with van der Waals surface area (Å²) in [4.78, 5) is 34.6. The molecule has 0 spiro atoms. The third-order valence-corrected chi connectivity index (χ3v) is 3.13. The van der Waals surface area contributed by atoms with Crippen molar-refractivity contribution in [3.8, 4) is 0 Å². The maximum atomic E-state index is 11.9. The molecule has 0 bridgehead atoms. The Hall–Kier alpha value is -2.63. The Bertz CT molecular complexity index is 591. The molecule has 0 aliphatic carbocycles. The number of methoxy groups -OCH3 is 1. The molecule has 1 atom stereocenters. The number of nitrogens with one attached hydrogen (secondary N) is 1. The maximum Gasteiger partial charge on any atom is 0.328 e. The van der Waals surface area contributed by atoms with Gasteiger partial charge in [0, 0.05) is 11.6 Å². The molecule has 23 heavy (non-hydrogen) atoms. The van der Waals surface area contributed by atoms with Crippen molar-refractivity contribution in [2.24, 2.45) is 11.7 Å². The predicted octanol–water partition coefficient (Wildman–Crippen LogP) is 1.50. The fourth-order valence-corrected chi connectivity index (χ4v) is 1.98. The lowest BCUT2D eigenvalue weighted by molar-refractivity contribution is -0.145. The van der Waals surface area contributed by atoms with E-state index >= 15 is 0 Å². The lowest BCUT2D eigenvalue weighted by Crippen LogP contribution is -2.41. The van der Waals surface area contributed by atoms with Crippen molar-refractivity contribution in [3.05, 3.63) is 41.5 Å². The molecule has 0 aliphatic heterocycles. The van der Waals surface area contributed by atoms with Gasteiger partial charge in [-0.25, -0.2) is 4.79 Å². The van der Waals surface area contributed by atoms with Gasteiger partial charge in [-0.2, -0.15) is 0 Å². The number of rotatable bonds is 7. The number of esters is 1. The molecular formula is C17H22N2O4. The molecule has 0 aliphatic rings. The zero-order chi connectivity index (χ0) is 17.4. The Kier molecular flexibility index (Phi) is 6.99. The number of carbonyl (C=O) groups excluding carboxylic acids is 3. The molecule has 0 fully saturated rings. The van der Waals surface area contributed by atoms with E-state index in [0.29, 0.717) is 12.0 Å². The summed E-state index contributed by atoms with van der Waals surface area (Å²) >= 11 is 0. The molecule has 1 aromatic rings. The quantitative estimate of drug-likeness (QED) is 0.588. The van der Waals surface area contributed by atoms with E-state index in [0.717, 1.165) is 5.56 Å². The minimum atomic E-state index is -0.672. The van der Waals surface area contributed by atoms with E-state index in [1.54, 1.807) is 30.3 Å². The second-order valence-corrected chi connectivity index (χ2v) is 5.53. The molecule has 2 amide bonds. The molecule has 6 heteroatoms. The first-order valence-corrected chi connectivity index (χ1v) is 7.29. The van der Waals surface area contributed by atoms with Gasteiger partial charge in [-0.05, 0) is 36.1 Å². The highest BCUT2D eigenvalue weighted by Gasteiger charge is 2.21. The van der Waals surface area contributed by atoms with Gasteiger partial charge in [0.25, 0.3) is 0 Å². The van der Waals surface area contributed by atoms with Gasteiger partial charge >= 0.3 is 5.97 Å². The standard InChI is InChI=1S/C17H22N2O4/c1-11(2)10-14(17(22)23-3)19-15(20)9-6-12-4-7-13(8-5-12)16(18)21/h4-9,11,14H,10H2,1-3H3,(H2,18,21)(H,19,20)/b9-6+. The van der Waals surface area contributed by atoms with Gasteiger partial charge in [0.2, 0.25) is 11.8 Å². The van der Waals surface area contributed by atoms with Crippen LogP contribution in [-0.4, -0.2) is 30.9 Å². The van der Waals surface area contributed by atoms with Crippen LogP contribution in [0.2, 0.25) is 0 Å². The van der Waals surface area contributed by atoms with E-state index in [4.69, 9.17) is 10.5 Å². The largest absolute Gasteiger partial charge is 0.467 e. The van der Waals surface area contributed by atoms with E-state index in [1.807, 2.05) is 13.8 Å². The minimum absolute atomic E-state index is 0.240. The van der Waals surface area contributed by atoms with E-state index in [-0.39, 0.29) is 11.8 Å². The topological polar surface area (TPSA) is 98.5 Å². The van der Waals surface area contributed by atoms with Crippen LogP contribution in [-0.2, 0) is 14.3 Å². The number of hydrogen-bond acceptors (Lipinski definition) is 4. The van der Waals surface area contributed by atoms with Crippen LogP contribution in [0.5, 0.6) is 0 Å². The van der Waals surface area contributed by atoms with Crippen LogP contribution < -0.4 is 11.1 Å². The van der Waals surface area contributed by atoms with Crippen LogP contribution in [0.1, 0.15) is 36.2 Å². The molecule has 1 unspecified atom stereocenters. The van der Waals surface area contributed by atoms with Crippen molar-refractivity contribution in [1.82, 2.24) is 5.32 Å². The van der Waals surface area contributed by atoms with Gasteiger partial charge in [0.1, 0.15) is 6.04 Å². The van der Waals surface area contributed by atoms with E-state index < -0.39 is 17.9 Å². The Morgan fingerprint density at radius 3 is 2.30 bits per heavy atom. The highest BCUT2D eigenvalue weighted by Crippen LogP contribution is 2.08. The molecular weight excluding hydrogens is 296 g/mol. The van der Waals surface area contributed by atoms with E-state index in [2.05, 4.69) is 5.32 Å². The average molecular weight is 318 g/mol. The first kappa shape index (κ1) is 18.4. The molecule has 1 rings (SSSR count). The monoisotopic (exact) mass is 318 g/mol. The molecule has 3 N–H and O–H groups in total. The van der Waals surface area contributed by atoms with Crippen LogP contribution >= 0.6 is 0 Å². The van der Waals surface area contributed by atoms with Crippen molar-refractivity contribution in [2.45, 2.75) is 26.3 Å². The molecule has 0 saturated carbocycles. The number of amides is 2. The molecule has 0 radical (unpaired) electrons. The first-order chi connectivity index (χ1) is 10.8. The summed E-state index contributed by atoms with van der Waals surface area (Å²) in [7, 11) is 1.29. The second-order valence-electron chi connectivity index (χ2n) is 5.53. The summed E-state index contributed by atoms with van der Waals surface area (Å²) < 4.78 is 4.69. The Labute approximate surface area is 135 Å². The fraction of sp³-hybridized carbons (Fsp3) is 0.353. The minimum Gasteiger partial charge on any atom is -0.467 e. The number of carbonyl (C=O) groups is 3. The molecule has 0 saturated heterocycles. The summed E-state index contributed by atoms with van der Waals surface area (Å²) in [6.45, 7) is 3.91. The van der Waals surface area contributed by atoms with Gasteiger partial charge in [0.05, 0.1) is 7.11 Å². The van der Waals surface area contributed by atoms with Crippen LogP contribution in [0.3, 0.4) is 0 Å². The highest BCUT2D eigenvalue weighted by molar-refractivity contribution is 5.95. The molecule has 6 nitrogen and oxygen atoms in total. The number of nitrogens with two attached hydrogens (primary N) is 1. The smallest absolute Gasteiger partial charge is 0.328 e. The summed E-state index contributed by atoms with van der Waals surface area (Å²) in [5.41, 5.74) is 6.29. The van der Waals surface area contributed by atoms with E-state index in [9.17, 15) is 14.4 Å². The van der Waals surface area contributed by atoms with Crippen LogP contribution in [0, 0.1) is 5.92 Å². The first-order valence-electron chi connectivity index (χ1n) is 7.29. The summed E-state index contributed by atoms with van der Waals surface area (Å²) in [6.07, 6.45) is 3.42. The zero-order valence-corrected chi connectivity index (χ0v) is 13.5. The number of ether oxygens (including phenoxy) is 1. The van der Waals surface area contributed by atoms with Gasteiger partial charge in [-0.15, -0.1) is 0 Å². The summed E-state index contributed by atoms with van der Waals surface area (Å²) in [5, 5.41) is 2.62. The van der Waals surface area contributed by atoms with Gasteiger partial charge in [-0.3, -0.25) is 9.59 Å². The van der Waals surface area contributed by atoms with Crippen LogP contribution in [0.25, 0.3) is 6.08 Å². The second kappa shape index (κ2) is 8.73. The number of primary amides is 1. The van der Waals surface area contributed by atoms with Crippen LogP contribution in [0.4, 0.5) is 0 Å².